The highest BCUT2D eigenvalue weighted by Crippen LogP contribution is 2.15. The number of nitrogens with zero attached hydrogens (tertiary/aromatic N) is 1. The Morgan fingerprint density at radius 2 is 1.56 bits per heavy atom. The van der Waals surface area contributed by atoms with Crippen molar-refractivity contribution < 1.29 is 10.2 Å². The van der Waals surface area contributed by atoms with E-state index in [0.717, 1.165) is 12.1 Å². The zero-order valence-corrected chi connectivity index (χ0v) is 10.0. The van der Waals surface area contributed by atoms with Crippen molar-refractivity contribution in [2.45, 2.75) is 6.42 Å². The normalized spacial score (nSPS) is 10.4. The number of aliphatic hydroxyl groups excluding tert-OH is 2. The van der Waals surface area contributed by atoms with Crippen molar-refractivity contribution >= 4 is 17.3 Å². The minimum absolute atomic E-state index is 0.0867. The summed E-state index contributed by atoms with van der Waals surface area (Å²) >= 11 is 5.66. The van der Waals surface area contributed by atoms with Gasteiger partial charge in [-0.3, -0.25) is 0 Å². The fourth-order valence-corrected chi connectivity index (χ4v) is 1.81. The van der Waals surface area contributed by atoms with Gasteiger partial charge in [-0.25, -0.2) is 0 Å². The Morgan fingerprint density at radius 3 is 2.00 bits per heavy atom. The van der Waals surface area contributed by atoms with Crippen LogP contribution in [-0.4, -0.2) is 42.4 Å². The average Bonchev–Trinajstić information content (AvgIpc) is 2.30. The van der Waals surface area contributed by atoms with Crippen LogP contribution in [-0.2, 0) is 6.42 Å². The summed E-state index contributed by atoms with van der Waals surface area (Å²) in [6.45, 7) is 1.25. The second-order valence-corrected chi connectivity index (χ2v) is 3.92. The van der Waals surface area contributed by atoms with Crippen molar-refractivity contribution in [2.75, 3.05) is 37.1 Å². The number of rotatable bonds is 7. The first-order valence-electron chi connectivity index (χ1n) is 5.43. The van der Waals surface area contributed by atoms with E-state index in [2.05, 4.69) is 0 Å². The van der Waals surface area contributed by atoms with Gasteiger partial charge in [0.25, 0.3) is 0 Å². The quantitative estimate of drug-likeness (QED) is 0.709. The minimum Gasteiger partial charge on any atom is -0.395 e. The molecule has 0 saturated heterocycles. The molecule has 0 spiro atoms. The standard InChI is InChI=1S/C12H18ClNO2/c13-6-5-11-1-3-12(4-2-11)14(7-9-15)8-10-16/h1-4,15-16H,5-10H2. The first-order valence-corrected chi connectivity index (χ1v) is 5.97. The van der Waals surface area contributed by atoms with Crippen LogP contribution < -0.4 is 4.90 Å². The van der Waals surface area contributed by atoms with Gasteiger partial charge in [0.05, 0.1) is 13.2 Å². The van der Waals surface area contributed by atoms with Gasteiger partial charge < -0.3 is 15.1 Å². The first-order chi connectivity index (χ1) is 7.81. The van der Waals surface area contributed by atoms with Gasteiger partial charge in [-0.1, -0.05) is 12.1 Å². The van der Waals surface area contributed by atoms with E-state index in [4.69, 9.17) is 21.8 Å². The third-order valence-corrected chi connectivity index (χ3v) is 2.61. The van der Waals surface area contributed by atoms with E-state index >= 15 is 0 Å². The smallest absolute Gasteiger partial charge is 0.0606 e. The molecule has 0 heterocycles. The molecule has 0 aliphatic heterocycles. The summed E-state index contributed by atoms with van der Waals surface area (Å²) in [6.07, 6.45) is 0.863. The van der Waals surface area contributed by atoms with E-state index in [1.165, 1.54) is 5.56 Å². The lowest BCUT2D eigenvalue weighted by Gasteiger charge is -2.23. The molecule has 1 rings (SSSR count). The fourth-order valence-electron chi connectivity index (χ4n) is 1.59. The zero-order valence-electron chi connectivity index (χ0n) is 9.27. The summed E-state index contributed by atoms with van der Waals surface area (Å²) < 4.78 is 0. The van der Waals surface area contributed by atoms with Crippen molar-refractivity contribution in [2.24, 2.45) is 0 Å². The van der Waals surface area contributed by atoms with E-state index in [-0.39, 0.29) is 13.2 Å². The maximum absolute atomic E-state index is 8.92. The molecular formula is C12H18ClNO2. The molecule has 1 aromatic carbocycles. The van der Waals surface area contributed by atoms with Crippen LogP contribution in [0, 0.1) is 0 Å². The van der Waals surface area contributed by atoms with Crippen LogP contribution in [0.1, 0.15) is 5.56 Å². The van der Waals surface area contributed by atoms with Crippen LogP contribution in [0.2, 0.25) is 0 Å². The Morgan fingerprint density at radius 1 is 1.00 bits per heavy atom. The number of alkyl halides is 1. The largest absolute Gasteiger partial charge is 0.395 e. The predicted octanol–water partition coefficient (Wildman–Crippen LogP) is 1.26. The van der Waals surface area contributed by atoms with Crippen molar-refractivity contribution in [1.82, 2.24) is 0 Å². The summed E-state index contributed by atoms with van der Waals surface area (Å²) in [7, 11) is 0. The Bertz CT molecular complexity index is 284. The fraction of sp³-hybridized carbons (Fsp3) is 0.500. The molecule has 0 aromatic heterocycles. The van der Waals surface area contributed by atoms with Crippen molar-refractivity contribution in [3.8, 4) is 0 Å². The number of hydrogen-bond donors (Lipinski definition) is 2. The zero-order chi connectivity index (χ0) is 11.8. The van der Waals surface area contributed by atoms with Crippen LogP contribution in [0.3, 0.4) is 0 Å². The molecule has 0 amide bonds. The number of benzene rings is 1. The van der Waals surface area contributed by atoms with Gasteiger partial charge in [-0.2, -0.15) is 0 Å². The summed E-state index contributed by atoms with van der Waals surface area (Å²) in [5.74, 6) is 0.621. The third-order valence-electron chi connectivity index (χ3n) is 2.42. The van der Waals surface area contributed by atoms with Gasteiger partial charge in [0, 0.05) is 24.7 Å². The van der Waals surface area contributed by atoms with Gasteiger partial charge in [0.2, 0.25) is 0 Å². The lowest BCUT2D eigenvalue weighted by molar-refractivity contribution is 0.281. The highest BCUT2D eigenvalue weighted by molar-refractivity contribution is 6.17. The molecule has 0 atom stereocenters. The van der Waals surface area contributed by atoms with Crippen LogP contribution in [0.15, 0.2) is 24.3 Å². The third kappa shape index (κ3) is 4.00. The molecule has 0 radical (unpaired) electrons. The number of aliphatic hydroxyl groups is 2. The number of halogens is 1. The maximum atomic E-state index is 8.92. The van der Waals surface area contributed by atoms with Gasteiger partial charge in [-0.05, 0) is 24.1 Å². The average molecular weight is 244 g/mol. The van der Waals surface area contributed by atoms with E-state index in [9.17, 15) is 0 Å². The monoisotopic (exact) mass is 243 g/mol. The highest BCUT2D eigenvalue weighted by atomic mass is 35.5. The van der Waals surface area contributed by atoms with E-state index in [0.29, 0.717) is 19.0 Å². The maximum Gasteiger partial charge on any atom is 0.0606 e. The summed E-state index contributed by atoms with van der Waals surface area (Å²) in [4.78, 5) is 1.95. The Balaban J connectivity index is 2.68. The predicted molar refractivity (Wildman–Crippen MR) is 67.3 cm³/mol. The highest BCUT2D eigenvalue weighted by Gasteiger charge is 2.04. The lowest BCUT2D eigenvalue weighted by Crippen LogP contribution is -2.29. The molecule has 0 unspecified atom stereocenters. The van der Waals surface area contributed by atoms with Crippen LogP contribution >= 0.6 is 11.6 Å². The molecule has 0 aliphatic rings. The number of anilines is 1. The van der Waals surface area contributed by atoms with Gasteiger partial charge in [0.1, 0.15) is 0 Å². The van der Waals surface area contributed by atoms with Gasteiger partial charge in [0.15, 0.2) is 0 Å². The van der Waals surface area contributed by atoms with Crippen LogP contribution in [0.4, 0.5) is 5.69 Å². The SMILES string of the molecule is OCCN(CCO)c1ccc(CCCl)cc1. The van der Waals surface area contributed by atoms with Crippen molar-refractivity contribution in [1.29, 1.82) is 0 Å². The molecule has 0 aliphatic carbocycles. The molecule has 16 heavy (non-hydrogen) atoms. The lowest BCUT2D eigenvalue weighted by atomic mass is 10.1. The van der Waals surface area contributed by atoms with Crippen LogP contribution in [0.5, 0.6) is 0 Å². The molecule has 0 saturated carbocycles. The summed E-state index contributed by atoms with van der Waals surface area (Å²) in [5, 5.41) is 17.8. The molecule has 2 N–H and O–H groups in total. The van der Waals surface area contributed by atoms with Crippen molar-refractivity contribution in [3.63, 3.8) is 0 Å². The second-order valence-electron chi connectivity index (χ2n) is 3.54. The Labute approximate surface area is 101 Å². The Hall–Kier alpha value is -0.770. The van der Waals surface area contributed by atoms with Gasteiger partial charge in [-0.15, -0.1) is 11.6 Å². The minimum atomic E-state index is 0.0867. The summed E-state index contributed by atoms with van der Waals surface area (Å²) in [5.41, 5.74) is 2.22. The molecule has 1 aromatic rings. The number of aryl methyl sites for hydroxylation is 1. The molecule has 0 fully saturated rings. The van der Waals surface area contributed by atoms with E-state index in [1.54, 1.807) is 0 Å². The molecular weight excluding hydrogens is 226 g/mol. The van der Waals surface area contributed by atoms with E-state index < -0.39 is 0 Å². The van der Waals surface area contributed by atoms with Crippen molar-refractivity contribution in [3.05, 3.63) is 29.8 Å². The molecule has 90 valence electrons. The molecule has 4 heteroatoms. The second kappa shape index (κ2) is 7.49. The molecule has 3 nitrogen and oxygen atoms in total. The molecule has 0 bridgehead atoms. The first kappa shape index (κ1) is 13.3. The topological polar surface area (TPSA) is 43.7 Å². The van der Waals surface area contributed by atoms with Gasteiger partial charge >= 0.3 is 0 Å². The number of hydrogen-bond acceptors (Lipinski definition) is 3. The van der Waals surface area contributed by atoms with E-state index in [1.807, 2.05) is 29.2 Å². The van der Waals surface area contributed by atoms with Crippen LogP contribution in [0.25, 0.3) is 0 Å². The Kier molecular flexibility index (Phi) is 6.23. The summed E-state index contributed by atoms with van der Waals surface area (Å²) in [6, 6.07) is 8.04.